The number of para-hydroxylation sites is 1. The van der Waals surface area contributed by atoms with Crippen LogP contribution >= 0.6 is 0 Å². The average Bonchev–Trinajstić information content (AvgIpc) is 2.76. The number of anilines is 1. The topological polar surface area (TPSA) is 49.6 Å². The Balaban J connectivity index is 1.70. The number of carbonyl (C=O) groups excluding carboxylic acids is 1. The lowest BCUT2D eigenvalue weighted by Gasteiger charge is -2.35. The maximum atomic E-state index is 12.6. The minimum atomic E-state index is 0.122. The van der Waals surface area contributed by atoms with E-state index in [1.54, 1.807) is 0 Å². The molecular formula is C17H25N3O. The van der Waals surface area contributed by atoms with Gasteiger partial charge in [0, 0.05) is 31.4 Å². The summed E-state index contributed by atoms with van der Waals surface area (Å²) in [4.78, 5) is 16.8. The van der Waals surface area contributed by atoms with Crippen molar-refractivity contribution in [3.05, 3.63) is 29.8 Å². The monoisotopic (exact) mass is 287 g/mol. The fourth-order valence-electron chi connectivity index (χ4n) is 3.45. The zero-order valence-electron chi connectivity index (χ0n) is 12.6. The molecule has 2 aliphatic rings. The number of hydrogen-bond acceptors (Lipinski definition) is 3. The number of nitrogens with zero attached hydrogens (tertiary/aromatic N) is 2. The molecule has 2 N–H and O–H groups in total. The molecule has 0 aromatic heterocycles. The van der Waals surface area contributed by atoms with Crippen LogP contribution in [0, 0.1) is 0 Å². The van der Waals surface area contributed by atoms with Gasteiger partial charge in [0.1, 0.15) is 0 Å². The Morgan fingerprint density at radius 1 is 1.14 bits per heavy atom. The van der Waals surface area contributed by atoms with Crippen molar-refractivity contribution in [2.45, 2.75) is 38.1 Å². The molecule has 1 atom stereocenters. The summed E-state index contributed by atoms with van der Waals surface area (Å²) >= 11 is 0. The molecule has 0 spiro atoms. The number of fused-ring (bicyclic) bond motifs is 1. The smallest absolute Gasteiger partial charge is 0.242 e. The standard InChI is InChI=1S/C17H25N3O/c18-15-11-14-7-3-4-8-16(14)20(12-15)13-17(21)19-9-5-1-2-6-10-19/h3-4,7-8,15H,1-2,5-6,9-13,18H2. The van der Waals surface area contributed by atoms with Crippen molar-refractivity contribution in [3.63, 3.8) is 0 Å². The second-order valence-electron chi connectivity index (χ2n) is 6.27. The molecule has 2 aliphatic heterocycles. The van der Waals surface area contributed by atoms with Crippen molar-refractivity contribution >= 4 is 11.6 Å². The van der Waals surface area contributed by atoms with Gasteiger partial charge in [-0.3, -0.25) is 4.79 Å². The van der Waals surface area contributed by atoms with Crippen LogP contribution < -0.4 is 10.6 Å². The zero-order chi connectivity index (χ0) is 14.7. The molecule has 21 heavy (non-hydrogen) atoms. The predicted molar refractivity (Wildman–Crippen MR) is 85.4 cm³/mol. The summed E-state index contributed by atoms with van der Waals surface area (Å²) in [6.45, 7) is 3.07. The lowest BCUT2D eigenvalue weighted by atomic mass is 9.98. The van der Waals surface area contributed by atoms with Crippen LogP contribution in [0.25, 0.3) is 0 Å². The van der Waals surface area contributed by atoms with Gasteiger partial charge >= 0.3 is 0 Å². The molecule has 1 fully saturated rings. The van der Waals surface area contributed by atoms with E-state index in [2.05, 4.69) is 17.0 Å². The highest BCUT2D eigenvalue weighted by Crippen LogP contribution is 2.26. The molecule has 0 saturated carbocycles. The van der Waals surface area contributed by atoms with Crippen molar-refractivity contribution in [2.24, 2.45) is 5.73 Å². The second-order valence-corrected chi connectivity index (χ2v) is 6.27. The SMILES string of the molecule is NC1Cc2ccccc2N(CC(=O)N2CCCCCC2)C1. The lowest BCUT2D eigenvalue weighted by Crippen LogP contribution is -2.48. The molecule has 1 aromatic carbocycles. The molecule has 4 heteroatoms. The van der Waals surface area contributed by atoms with E-state index in [-0.39, 0.29) is 11.9 Å². The first-order valence-electron chi connectivity index (χ1n) is 8.10. The fourth-order valence-corrected chi connectivity index (χ4v) is 3.45. The number of nitrogens with two attached hydrogens (primary N) is 1. The van der Waals surface area contributed by atoms with Crippen LogP contribution in [0.2, 0.25) is 0 Å². The Hall–Kier alpha value is -1.55. The number of rotatable bonds is 2. The van der Waals surface area contributed by atoms with Gasteiger partial charge in [0.15, 0.2) is 0 Å². The van der Waals surface area contributed by atoms with Gasteiger partial charge in [-0.15, -0.1) is 0 Å². The molecule has 1 saturated heterocycles. The first kappa shape index (κ1) is 14.4. The molecule has 0 radical (unpaired) electrons. The van der Waals surface area contributed by atoms with Gasteiger partial charge in [0.2, 0.25) is 5.91 Å². The Bertz CT molecular complexity index is 495. The molecular weight excluding hydrogens is 262 g/mol. The molecule has 2 heterocycles. The molecule has 0 bridgehead atoms. The Kier molecular flexibility index (Phi) is 4.44. The lowest BCUT2D eigenvalue weighted by molar-refractivity contribution is -0.129. The number of amides is 1. The average molecular weight is 287 g/mol. The second kappa shape index (κ2) is 6.48. The third kappa shape index (κ3) is 3.38. The first-order chi connectivity index (χ1) is 10.2. The van der Waals surface area contributed by atoms with Gasteiger partial charge in [0.05, 0.1) is 6.54 Å². The third-order valence-electron chi connectivity index (χ3n) is 4.55. The van der Waals surface area contributed by atoms with Gasteiger partial charge in [-0.25, -0.2) is 0 Å². The van der Waals surface area contributed by atoms with E-state index in [0.717, 1.165) is 38.9 Å². The summed E-state index contributed by atoms with van der Waals surface area (Å²) in [6, 6.07) is 8.44. The van der Waals surface area contributed by atoms with E-state index in [0.29, 0.717) is 6.54 Å². The van der Waals surface area contributed by atoms with E-state index < -0.39 is 0 Å². The molecule has 1 unspecified atom stereocenters. The number of benzene rings is 1. The maximum absolute atomic E-state index is 12.6. The maximum Gasteiger partial charge on any atom is 0.242 e. The van der Waals surface area contributed by atoms with Gasteiger partial charge < -0.3 is 15.5 Å². The van der Waals surface area contributed by atoms with E-state index in [4.69, 9.17) is 5.73 Å². The van der Waals surface area contributed by atoms with Crippen LogP contribution in [-0.2, 0) is 11.2 Å². The quantitative estimate of drug-likeness (QED) is 0.902. The van der Waals surface area contributed by atoms with Gasteiger partial charge in [-0.1, -0.05) is 31.0 Å². The molecule has 114 valence electrons. The van der Waals surface area contributed by atoms with Crippen LogP contribution in [0.5, 0.6) is 0 Å². The summed E-state index contributed by atoms with van der Waals surface area (Å²) in [5.74, 6) is 0.251. The molecule has 3 rings (SSSR count). The highest BCUT2D eigenvalue weighted by Gasteiger charge is 2.25. The normalized spacial score (nSPS) is 22.6. The summed E-state index contributed by atoms with van der Waals surface area (Å²) in [5, 5.41) is 0. The zero-order valence-corrected chi connectivity index (χ0v) is 12.6. The summed E-state index contributed by atoms with van der Waals surface area (Å²) in [6.07, 6.45) is 5.69. The third-order valence-corrected chi connectivity index (χ3v) is 4.55. The van der Waals surface area contributed by atoms with Crippen LogP contribution in [0.1, 0.15) is 31.2 Å². The van der Waals surface area contributed by atoms with Crippen LogP contribution in [0.3, 0.4) is 0 Å². The number of hydrogen-bond donors (Lipinski definition) is 1. The fraction of sp³-hybridized carbons (Fsp3) is 0.588. The summed E-state index contributed by atoms with van der Waals surface area (Å²) < 4.78 is 0. The van der Waals surface area contributed by atoms with Crippen molar-refractivity contribution in [1.82, 2.24) is 4.90 Å². The number of carbonyl (C=O) groups is 1. The molecule has 4 nitrogen and oxygen atoms in total. The van der Waals surface area contributed by atoms with Crippen molar-refractivity contribution in [2.75, 3.05) is 31.1 Å². The number of likely N-dealkylation sites (tertiary alicyclic amines) is 1. The highest BCUT2D eigenvalue weighted by molar-refractivity contribution is 5.82. The van der Waals surface area contributed by atoms with E-state index in [1.807, 2.05) is 17.0 Å². The van der Waals surface area contributed by atoms with E-state index in [9.17, 15) is 4.79 Å². The van der Waals surface area contributed by atoms with Gasteiger partial charge in [-0.05, 0) is 30.9 Å². The van der Waals surface area contributed by atoms with Crippen molar-refractivity contribution < 1.29 is 4.79 Å². The highest BCUT2D eigenvalue weighted by atomic mass is 16.2. The van der Waals surface area contributed by atoms with Crippen LogP contribution in [0.15, 0.2) is 24.3 Å². The van der Waals surface area contributed by atoms with Crippen molar-refractivity contribution in [1.29, 1.82) is 0 Å². The Morgan fingerprint density at radius 2 is 1.86 bits per heavy atom. The molecule has 1 aromatic rings. The summed E-state index contributed by atoms with van der Waals surface area (Å²) in [7, 11) is 0. The molecule has 0 aliphatic carbocycles. The van der Waals surface area contributed by atoms with Crippen molar-refractivity contribution in [3.8, 4) is 0 Å². The predicted octanol–water partition coefficient (Wildman–Crippen LogP) is 1.78. The van der Waals surface area contributed by atoms with E-state index in [1.165, 1.54) is 24.1 Å². The summed E-state index contributed by atoms with van der Waals surface area (Å²) in [5.41, 5.74) is 8.60. The van der Waals surface area contributed by atoms with E-state index >= 15 is 0 Å². The van der Waals surface area contributed by atoms with Gasteiger partial charge in [-0.2, -0.15) is 0 Å². The van der Waals surface area contributed by atoms with Crippen LogP contribution in [0.4, 0.5) is 5.69 Å². The van der Waals surface area contributed by atoms with Crippen LogP contribution in [-0.4, -0.2) is 43.0 Å². The Labute approximate surface area is 126 Å². The minimum absolute atomic E-state index is 0.122. The first-order valence-corrected chi connectivity index (χ1v) is 8.10. The minimum Gasteiger partial charge on any atom is -0.360 e. The molecule has 1 amide bonds. The van der Waals surface area contributed by atoms with Gasteiger partial charge in [0.25, 0.3) is 0 Å². The Morgan fingerprint density at radius 3 is 2.62 bits per heavy atom. The largest absolute Gasteiger partial charge is 0.360 e.